The maximum Gasteiger partial charge on any atom is 0.355 e. The van der Waals surface area contributed by atoms with Gasteiger partial charge in [-0.15, -0.1) is 0 Å². The molecule has 0 unspecified atom stereocenters. The molecule has 8 heteroatoms. The van der Waals surface area contributed by atoms with Crippen molar-refractivity contribution >= 4 is 16.9 Å². The van der Waals surface area contributed by atoms with Crippen LogP contribution in [0.1, 0.15) is 17.7 Å². The molecule has 0 atom stereocenters. The Labute approximate surface area is 199 Å². The zero-order valence-corrected chi connectivity index (χ0v) is 20.2. The molecule has 0 amide bonds. The number of anilines is 2. The summed E-state index contributed by atoms with van der Waals surface area (Å²) in [7, 11) is 4.08. The Kier molecular flexibility index (Phi) is 5.83. The van der Waals surface area contributed by atoms with Crippen molar-refractivity contribution in [3.05, 3.63) is 70.5 Å². The summed E-state index contributed by atoms with van der Waals surface area (Å²) in [6, 6.07) is 12.3. The molecule has 1 aromatic carbocycles. The van der Waals surface area contributed by atoms with E-state index in [1.54, 1.807) is 16.8 Å². The Morgan fingerprint density at radius 2 is 1.91 bits per heavy atom. The summed E-state index contributed by atoms with van der Waals surface area (Å²) in [6.45, 7) is 8.01. The van der Waals surface area contributed by atoms with Gasteiger partial charge in [0.15, 0.2) is 5.82 Å². The van der Waals surface area contributed by atoms with E-state index in [0.29, 0.717) is 5.82 Å². The van der Waals surface area contributed by atoms with Gasteiger partial charge in [-0.1, -0.05) is 12.1 Å². The largest absolute Gasteiger partial charge is 0.383 e. The van der Waals surface area contributed by atoms with E-state index in [4.69, 9.17) is 0 Å². The van der Waals surface area contributed by atoms with Gasteiger partial charge >= 0.3 is 5.69 Å². The van der Waals surface area contributed by atoms with Gasteiger partial charge < -0.3 is 15.1 Å². The summed E-state index contributed by atoms with van der Waals surface area (Å²) < 4.78 is 3.11. The SMILES string of the molecule is Cc1c(-c2cccc(N3CCC3)c2)c(C)n2c(=O)n(-c3ccc(NCCN(C)C)cn3)ncc12. The number of nitrogens with zero attached hydrogens (tertiary/aromatic N) is 6. The number of fused-ring (bicyclic) bond motifs is 1. The Bertz CT molecular complexity index is 1380. The molecule has 34 heavy (non-hydrogen) atoms. The van der Waals surface area contributed by atoms with Crippen molar-refractivity contribution in [1.29, 1.82) is 0 Å². The van der Waals surface area contributed by atoms with Gasteiger partial charge in [0.05, 0.1) is 23.6 Å². The van der Waals surface area contributed by atoms with E-state index in [9.17, 15) is 4.79 Å². The summed E-state index contributed by atoms with van der Waals surface area (Å²) in [5.74, 6) is 0.497. The molecular weight excluding hydrogens is 426 g/mol. The Morgan fingerprint density at radius 1 is 1.09 bits per heavy atom. The molecule has 176 valence electrons. The quantitative estimate of drug-likeness (QED) is 0.459. The van der Waals surface area contributed by atoms with E-state index in [1.807, 2.05) is 33.2 Å². The lowest BCUT2D eigenvalue weighted by atomic mass is 10.0. The van der Waals surface area contributed by atoms with Gasteiger partial charge in [0, 0.05) is 43.1 Å². The second-order valence-electron chi connectivity index (χ2n) is 9.17. The maximum absolute atomic E-state index is 13.5. The number of aromatic nitrogens is 4. The summed E-state index contributed by atoms with van der Waals surface area (Å²) >= 11 is 0. The predicted octanol–water partition coefficient (Wildman–Crippen LogP) is 3.35. The molecule has 1 aliphatic rings. The number of nitrogens with one attached hydrogen (secondary N) is 1. The highest BCUT2D eigenvalue weighted by atomic mass is 16.2. The normalized spacial score (nSPS) is 13.5. The fourth-order valence-electron chi connectivity index (χ4n) is 4.57. The highest BCUT2D eigenvalue weighted by Gasteiger charge is 2.20. The van der Waals surface area contributed by atoms with Crippen LogP contribution in [0.2, 0.25) is 0 Å². The van der Waals surface area contributed by atoms with E-state index in [2.05, 4.69) is 56.4 Å². The molecule has 1 saturated heterocycles. The first kappa shape index (κ1) is 22.2. The van der Waals surface area contributed by atoms with Crippen LogP contribution >= 0.6 is 0 Å². The molecule has 1 fully saturated rings. The molecule has 1 N–H and O–H groups in total. The van der Waals surface area contributed by atoms with Crippen LogP contribution in [0.15, 0.2) is 53.6 Å². The van der Waals surface area contributed by atoms with Crippen molar-refractivity contribution in [2.75, 3.05) is 50.5 Å². The van der Waals surface area contributed by atoms with Crippen LogP contribution in [0.3, 0.4) is 0 Å². The second kappa shape index (κ2) is 8.95. The van der Waals surface area contributed by atoms with Crippen LogP contribution in [0, 0.1) is 13.8 Å². The standard InChI is InChI=1S/C26H31N7O/c1-18-23-17-29-33(24-10-9-21(16-28-24)27-11-14-30(3)4)26(34)32(23)19(2)25(18)20-7-5-8-22(15-20)31-12-6-13-31/h5,7-10,15-17,27H,6,11-14H2,1-4H3. The average molecular weight is 458 g/mol. The van der Waals surface area contributed by atoms with Gasteiger partial charge in [-0.25, -0.2) is 9.78 Å². The van der Waals surface area contributed by atoms with Crippen LogP contribution in [0.4, 0.5) is 11.4 Å². The zero-order valence-electron chi connectivity index (χ0n) is 20.2. The van der Waals surface area contributed by atoms with Crippen LogP contribution in [-0.2, 0) is 0 Å². The van der Waals surface area contributed by atoms with Gasteiger partial charge in [0.2, 0.25) is 0 Å². The first-order valence-corrected chi connectivity index (χ1v) is 11.7. The van der Waals surface area contributed by atoms with Crippen LogP contribution in [0.25, 0.3) is 22.5 Å². The topological polar surface area (TPSA) is 70.7 Å². The van der Waals surface area contributed by atoms with Crippen LogP contribution < -0.4 is 15.9 Å². The van der Waals surface area contributed by atoms with Crippen LogP contribution in [0.5, 0.6) is 0 Å². The fourth-order valence-corrected chi connectivity index (χ4v) is 4.57. The molecule has 8 nitrogen and oxygen atoms in total. The van der Waals surface area contributed by atoms with Crippen molar-refractivity contribution in [1.82, 2.24) is 24.1 Å². The summed E-state index contributed by atoms with van der Waals surface area (Å²) in [4.78, 5) is 22.5. The van der Waals surface area contributed by atoms with Crippen molar-refractivity contribution < 1.29 is 0 Å². The first-order valence-electron chi connectivity index (χ1n) is 11.7. The number of benzene rings is 1. The summed E-state index contributed by atoms with van der Waals surface area (Å²) in [5, 5.41) is 7.79. The third-order valence-corrected chi connectivity index (χ3v) is 6.57. The monoisotopic (exact) mass is 457 g/mol. The predicted molar refractivity (Wildman–Crippen MR) is 137 cm³/mol. The summed E-state index contributed by atoms with van der Waals surface area (Å²) in [5.41, 5.74) is 6.94. The van der Waals surface area contributed by atoms with E-state index < -0.39 is 0 Å². The lowest BCUT2D eigenvalue weighted by Crippen LogP contribution is -2.36. The van der Waals surface area contributed by atoms with E-state index in [0.717, 1.165) is 59.8 Å². The van der Waals surface area contributed by atoms with Crippen molar-refractivity contribution in [2.24, 2.45) is 0 Å². The molecule has 4 aromatic rings. The second-order valence-corrected chi connectivity index (χ2v) is 9.17. The van der Waals surface area contributed by atoms with E-state index in [1.165, 1.54) is 16.8 Å². The molecule has 0 saturated carbocycles. The molecule has 1 aliphatic heterocycles. The Balaban J connectivity index is 1.51. The molecule has 3 aromatic heterocycles. The fraction of sp³-hybridized carbons (Fsp3) is 0.346. The maximum atomic E-state index is 13.5. The van der Waals surface area contributed by atoms with Gasteiger partial charge in [-0.2, -0.15) is 9.78 Å². The first-order chi connectivity index (χ1) is 16.4. The van der Waals surface area contributed by atoms with Gasteiger partial charge in [0.1, 0.15) is 0 Å². The van der Waals surface area contributed by atoms with Gasteiger partial charge in [-0.05, 0) is 69.8 Å². The van der Waals surface area contributed by atoms with E-state index >= 15 is 0 Å². The van der Waals surface area contributed by atoms with Crippen molar-refractivity contribution in [2.45, 2.75) is 20.3 Å². The number of hydrogen-bond acceptors (Lipinski definition) is 6. The van der Waals surface area contributed by atoms with E-state index in [-0.39, 0.29) is 5.69 Å². The van der Waals surface area contributed by atoms with Gasteiger partial charge in [-0.3, -0.25) is 4.40 Å². The Hall–Kier alpha value is -3.65. The lowest BCUT2D eigenvalue weighted by Gasteiger charge is -2.33. The minimum Gasteiger partial charge on any atom is -0.383 e. The highest BCUT2D eigenvalue weighted by molar-refractivity contribution is 5.80. The smallest absolute Gasteiger partial charge is 0.355 e. The molecule has 0 bridgehead atoms. The summed E-state index contributed by atoms with van der Waals surface area (Å²) in [6.07, 6.45) is 4.74. The van der Waals surface area contributed by atoms with Crippen molar-refractivity contribution in [3.8, 4) is 16.9 Å². The number of likely N-dealkylation sites (N-methyl/N-ethyl adjacent to an activating group) is 1. The van der Waals surface area contributed by atoms with Crippen LogP contribution in [-0.4, -0.2) is 64.3 Å². The average Bonchev–Trinajstić information content (AvgIpc) is 3.04. The minimum atomic E-state index is -0.218. The molecule has 4 heterocycles. The molecule has 0 aliphatic carbocycles. The third-order valence-electron chi connectivity index (χ3n) is 6.57. The number of pyridine rings is 1. The molecular formula is C26H31N7O. The van der Waals surface area contributed by atoms with Gasteiger partial charge in [0.25, 0.3) is 0 Å². The molecule has 5 rings (SSSR count). The minimum absolute atomic E-state index is 0.218. The van der Waals surface area contributed by atoms with Crippen molar-refractivity contribution in [3.63, 3.8) is 0 Å². The number of aryl methyl sites for hydroxylation is 2. The number of rotatable bonds is 7. The third kappa shape index (κ3) is 3.94. The molecule has 0 radical (unpaired) electrons. The lowest BCUT2D eigenvalue weighted by molar-refractivity contribution is 0.425. The highest BCUT2D eigenvalue weighted by Crippen LogP contribution is 2.34. The zero-order chi connectivity index (χ0) is 23.8. The number of hydrogen-bond donors (Lipinski definition) is 1. The Morgan fingerprint density at radius 3 is 2.59 bits per heavy atom. The molecule has 0 spiro atoms.